The Labute approximate surface area is 138 Å². The van der Waals surface area contributed by atoms with Gasteiger partial charge in [-0.3, -0.25) is 0 Å². The Morgan fingerprint density at radius 3 is 2.09 bits per heavy atom. The lowest BCUT2D eigenvalue weighted by atomic mass is 10.1. The molecule has 0 aliphatic heterocycles. The number of rotatable bonds is 3. The van der Waals surface area contributed by atoms with Gasteiger partial charge in [-0.2, -0.15) is 0 Å². The smallest absolute Gasteiger partial charge is 0.225 e. The van der Waals surface area contributed by atoms with Crippen LogP contribution >= 0.6 is 23.2 Å². The van der Waals surface area contributed by atoms with Crippen LogP contribution in [0.3, 0.4) is 0 Å². The van der Waals surface area contributed by atoms with E-state index in [-0.39, 0.29) is 31.0 Å². The fourth-order valence-corrected chi connectivity index (χ4v) is 3.67. The van der Waals surface area contributed by atoms with Gasteiger partial charge in [0.25, 0.3) is 0 Å². The SMILES string of the molecule is CS(=O)(=O)c1ccc(Cl)c(-c2cc(Cl)ccc2S(N)(=O)=O)c1. The minimum absolute atomic E-state index is 0.00671. The fraction of sp³-hybridized carbons (Fsp3) is 0.0769. The second-order valence-corrected chi connectivity index (χ2v) is 8.99. The maximum absolute atomic E-state index is 11.7. The van der Waals surface area contributed by atoms with Gasteiger partial charge in [0.2, 0.25) is 10.0 Å². The molecule has 0 aliphatic rings. The Morgan fingerprint density at radius 2 is 1.55 bits per heavy atom. The lowest BCUT2D eigenvalue weighted by molar-refractivity contribution is 0.597. The summed E-state index contributed by atoms with van der Waals surface area (Å²) in [6.45, 7) is 0. The number of sulfonamides is 1. The zero-order chi connectivity index (χ0) is 16.7. The third-order valence-corrected chi connectivity index (χ3v) is 5.55. The van der Waals surface area contributed by atoms with Crippen molar-refractivity contribution in [2.75, 3.05) is 6.26 Å². The zero-order valence-electron chi connectivity index (χ0n) is 11.2. The predicted molar refractivity (Wildman–Crippen MR) is 86.4 cm³/mol. The van der Waals surface area contributed by atoms with Crippen LogP contribution in [0, 0.1) is 0 Å². The van der Waals surface area contributed by atoms with Crippen molar-refractivity contribution in [1.29, 1.82) is 0 Å². The van der Waals surface area contributed by atoms with Crippen LogP contribution in [0.25, 0.3) is 11.1 Å². The molecule has 0 heterocycles. The molecule has 0 spiro atoms. The molecule has 0 saturated carbocycles. The summed E-state index contributed by atoms with van der Waals surface area (Å²) in [5.74, 6) is 0. The quantitative estimate of drug-likeness (QED) is 0.886. The van der Waals surface area contributed by atoms with Crippen LogP contribution < -0.4 is 5.14 Å². The van der Waals surface area contributed by atoms with E-state index in [1.54, 1.807) is 0 Å². The number of benzene rings is 2. The summed E-state index contributed by atoms with van der Waals surface area (Å²) >= 11 is 12.0. The Bertz CT molecular complexity index is 954. The first-order chi connectivity index (χ1) is 10.00. The summed E-state index contributed by atoms with van der Waals surface area (Å²) in [6, 6.07) is 7.99. The van der Waals surface area contributed by atoms with Crippen LogP contribution in [0.1, 0.15) is 0 Å². The molecule has 22 heavy (non-hydrogen) atoms. The summed E-state index contributed by atoms with van der Waals surface area (Å²) in [7, 11) is -7.51. The maximum atomic E-state index is 11.7. The summed E-state index contributed by atoms with van der Waals surface area (Å²) < 4.78 is 46.7. The molecule has 2 aromatic carbocycles. The highest BCUT2D eigenvalue weighted by atomic mass is 35.5. The van der Waals surface area contributed by atoms with Gasteiger partial charge in [-0.05, 0) is 36.4 Å². The van der Waals surface area contributed by atoms with E-state index in [1.165, 1.54) is 36.4 Å². The molecule has 0 aromatic heterocycles. The number of halogens is 2. The van der Waals surface area contributed by atoms with E-state index in [9.17, 15) is 16.8 Å². The van der Waals surface area contributed by atoms with Gasteiger partial charge in [-0.1, -0.05) is 23.2 Å². The number of sulfone groups is 1. The van der Waals surface area contributed by atoms with Crippen LogP contribution in [-0.2, 0) is 19.9 Å². The molecule has 5 nitrogen and oxygen atoms in total. The molecule has 0 fully saturated rings. The second-order valence-electron chi connectivity index (χ2n) is 4.60. The van der Waals surface area contributed by atoms with Gasteiger partial charge in [0, 0.05) is 27.4 Å². The third-order valence-electron chi connectivity index (χ3n) is 2.90. The van der Waals surface area contributed by atoms with Gasteiger partial charge in [0.05, 0.1) is 9.79 Å². The Balaban J connectivity index is 2.85. The average Bonchev–Trinajstić information content (AvgIpc) is 2.36. The lowest BCUT2D eigenvalue weighted by Gasteiger charge is -2.11. The third kappa shape index (κ3) is 3.61. The largest absolute Gasteiger partial charge is 0.238 e. The Kier molecular flexibility index (Phi) is 4.56. The van der Waals surface area contributed by atoms with Gasteiger partial charge < -0.3 is 0 Å². The molecule has 0 aliphatic carbocycles. The molecule has 0 radical (unpaired) electrons. The first-order valence-electron chi connectivity index (χ1n) is 5.82. The van der Waals surface area contributed by atoms with Crippen molar-refractivity contribution < 1.29 is 16.8 Å². The molecule has 0 amide bonds. The van der Waals surface area contributed by atoms with Gasteiger partial charge in [0.15, 0.2) is 9.84 Å². The topological polar surface area (TPSA) is 94.3 Å². The number of nitrogens with two attached hydrogens (primary N) is 1. The summed E-state index contributed by atoms with van der Waals surface area (Å²) in [6.07, 6.45) is 1.04. The Morgan fingerprint density at radius 1 is 0.909 bits per heavy atom. The molecule has 2 rings (SSSR count). The summed E-state index contributed by atoms with van der Waals surface area (Å²) in [5.41, 5.74) is 0.363. The van der Waals surface area contributed by atoms with Crippen molar-refractivity contribution in [2.24, 2.45) is 5.14 Å². The molecule has 2 aromatic rings. The van der Waals surface area contributed by atoms with Crippen molar-refractivity contribution in [3.63, 3.8) is 0 Å². The molecule has 2 N–H and O–H groups in total. The van der Waals surface area contributed by atoms with E-state index in [2.05, 4.69) is 0 Å². The monoisotopic (exact) mass is 379 g/mol. The highest BCUT2D eigenvalue weighted by Crippen LogP contribution is 2.35. The van der Waals surface area contributed by atoms with E-state index in [0.29, 0.717) is 0 Å². The van der Waals surface area contributed by atoms with Gasteiger partial charge in [-0.15, -0.1) is 0 Å². The van der Waals surface area contributed by atoms with Crippen LogP contribution in [0.4, 0.5) is 0 Å². The molecule has 118 valence electrons. The van der Waals surface area contributed by atoms with Crippen LogP contribution in [-0.4, -0.2) is 23.1 Å². The van der Waals surface area contributed by atoms with E-state index in [0.717, 1.165) is 6.26 Å². The molecule has 0 atom stereocenters. The normalized spacial score (nSPS) is 12.4. The predicted octanol–water partition coefficient (Wildman–Crippen LogP) is 2.71. The summed E-state index contributed by atoms with van der Waals surface area (Å²) in [5, 5.41) is 5.63. The number of hydrogen-bond donors (Lipinski definition) is 1. The van der Waals surface area contributed by atoms with Gasteiger partial charge >= 0.3 is 0 Å². The highest BCUT2D eigenvalue weighted by Gasteiger charge is 2.19. The van der Waals surface area contributed by atoms with Crippen molar-refractivity contribution in [3.8, 4) is 11.1 Å². The van der Waals surface area contributed by atoms with Gasteiger partial charge in [0.1, 0.15) is 0 Å². The molecule has 0 unspecified atom stereocenters. The molecule has 9 heteroatoms. The van der Waals surface area contributed by atoms with E-state index < -0.39 is 19.9 Å². The lowest BCUT2D eigenvalue weighted by Crippen LogP contribution is -2.13. The first-order valence-corrected chi connectivity index (χ1v) is 10.0. The zero-order valence-corrected chi connectivity index (χ0v) is 14.4. The van der Waals surface area contributed by atoms with E-state index in [4.69, 9.17) is 28.3 Å². The molecule has 0 bridgehead atoms. The summed E-state index contributed by atoms with van der Waals surface area (Å²) in [4.78, 5) is -0.184. The van der Waals surface area contributed by atoms with Crippen molar-refractivity contribution in [2.45, 2.75) is 9.79 Å². The van der Waals surface area contributed by atoms with Crippen LogP contribution in [0.2, 0.25) is 10.0 Å². The molecular formula is C13H11Cl2NO4S2. The highest BCUT2D eigenvalue weighted by molar-refractivity contribution is 7.90. The van der Waals surface area contributed by atoms with Gasteiger partial charge in [-0.25, -0.2) is 22.0 Å². The molecular weight excluding hydrogens is 369 g/mol. The molecule has 0 saturated heterocycles. The first kappa shape index (κ1) is 17.2. The van der Waals surface area contributed by atoms with E-state index in [1.807, 2.05) is 0 Å². The van der Waals surface area contributed by atoms with E-state index >= 15 is 0 Å². The van der Waals surface area contributed by atoms with Crippen molar-refractivity contribution >= 4 is 43.1 Å². The average molecular weight is 380 g/mol. The Hall–Kier alpha value is -1.12. The van der Waals surface area contributed by atoms with Crippen LogP contribution in [0.5, 0.6) is 0 Å². The van der Waals surface area contributed by atoms with Crippen molar-refractivity contribution in [1.82, 2.24) is 0 Å². The number of primary sulfonamides is 1. The number of hydrogen-bond acceptors (Lipinski definition) is 4. The standard InChI is InChI=1S/C13H11Cl2NO4S2/c1-21(17,18)9-3-4-12(15)10(7-9)11-6-8(14)2-5-13(11)22(16,19)20/h2-7H,1H3,(H2,16,19,20). The second kappa shape index (κ2) is 5.82. The fourth-order valence-electron chi connectivity index (χ4n) is 1.90. The minimum Gasteiger partial charge on any atom is -0.225 e. The minimum atomic E-state index is -4.03. The maximum Gasteiger partial charge on any atom is 0.238 e. The van der Waals surface area contributed by atoms with Crippen molar-refractivity contribution in [3.05, 3.63) is 46.4 Å². The van der Waals surface area contributed by atoms with Crippen LogP contribution in [0.15, 0.2) is 46.2 Å².